The molecule has 5 aromatic rings. The molecule has 3 heterocycles. The summed E-state index contributed by atoms with van der Waals surface area (Å²) < 4.78 is 2.47. The van der Waals surface area contributed by atoms with E-state index in [0.717, 1.165) is 33.3 Å². The second kappa shape index (κ2) is 6.54. The molecular weight excluding hydrogens is 370 g/mol. The van der Waals surface area contributed by atoms with Gasteiger partial charge in [-0.1, -0.05) is 18.2 Å². The maximum absolute atomic E-state index is 12.6. The van der Waals surface area contributed by atoms with Gasteiger partial charge in [0.15, 0.2) is 4.77 Å². The summed E-state index contributed by atoms with van der Waals surface area (Å²) in [5.41, 5.74) is 4.75. The Morgan fingerprint density at radius 1 is 1.11 bits per heavy atom. The van der Waals surface area contributed by atoms with Crippen molar-refractivity contribution in [3.8, 4) is 0 Å². The lowest BCUT2D eigenvalue weighted by Gasteiger charge is -2.07. The number of benzene rings is 2. The van der Waals surface area contributed by atoms with E-state index in [-0.39, 0.29) is 5.91 Å². The highest BCUT2D eigenvalue weighted by atomic mass is 32.1. The fourth-order valence-corrected chi connectivity index (χ4v) is 3.64. The zero-order chi connectivity index (χ0) is 19.1. The van der Waals surface area contributed by atoms with Crippen LogP contribution in [0.25, 0.3) is 27.6 Å². The number of carbonyl (C=O) groups excluding carboxylic acids is 1. The summed E-state index contributed by atoms with van der Waals surface area (Å²) in [7, 11) is 0. The maximum Gasteiger partial charge on any atom is 0.251 e. The van der Waals surface area contributed by atoms with E-state index in [9.17, 15) is 4.79 Å². The van der Waals surface area contributed by atoms with E-state index in [1.54, 1.807) is 18.3 Å². The van der Waals surface area contributed by atoms with Gasteiger partial charge in [-0.15, -0.1) is 0 Å². The van der Waals surface area contributed by atoms with Crippen LogP contribution >= 0.6 is 12.2 Å². The molecule has 0 fully saturated rings. The van der Waals surface area contributed by atoms with Crippen molar-refractivity contribution in [2.75, 3.05) is 0 Å². The Bertz CT molecular complexity index is 1400. The van der Waals surface area contributed by atoms with Crippen LogP contribution in [-0.2, 0) is 6.54 Å². The largest absolute Gasteiger partial charge is 0.346 e. The molecular formula is C21H15N5OS. The third kappa shape index (κ3) is 2.73. The first-order chi connectivity index (χ1) is 13.7. The van der Waals surface area contributed by atoms with Gasteiger partial charge in [0.1, 0.15) is 5.65 Å². The van der Waals surface area contributed by atoms with Crippen LogP contribution in [0.4, 0.5) is 0 Å². The number of para-hydroxylation sites is 2. The molecule has 0 radical (unpaired) electrons. The van der Waals surface area contributed by atoms with Crippen LogP contribution in [0, 0.1) is 4.77 Å². The third-order valence-corrected chi connectivity index (χ3v) is 4.97. The fourth-order valence-electron chi connectivity index (χ4n) is 3.34. The molecule has 5 rings (SSSR count). The van der Waals surface area contributed by atoms with Gasteiger partial charge in [0, 0.05) is 17.1 Å². The number of nitrogens with zero attached hydrogens (tertiary/aromatic N) is 3. The summed E-state index contributed by atoms with van der Waals surface area (Å²) in [6.45, 7) is 0.373. The average molecular weight is 385 g/mol. The molecule has 0 aliphatic heterocycles. The minimum Gasteiger partial charge on any atom is -0.346 e. The second-order valence-electron chi connectivity index (χ2n) is 6.45. The molecule has 0 atom stereocenters. The molecule has 0 bridgehead atoms. The second-order valence-corrected chi connectivity index (χ2v) is 6.84. The van der Waals surface area contributed by atoms with Crippen LogP contribution in [0.1, 0.15) is 16.1 Å². The van der Waals surface area contributed by atoms with Gasteiger partial charge in [-0.3, -0.25) is 14.2 Å². The first-order valence-electron chi connectivity index (χ1n) is 8.82. The molecule has 0 saturated heterocycles. The van der Waals surface area contributed by atoms with E-state index in [1.807, 2.05) is 52.9 Å². The third-order valence-electron chi connectivity index (χ3n) is 4.68. The fraction of sp³-hybridized carbons (Fsp3) is 0.0476. The molecule has 0 unspecified atom stereocenters. The molecule has 28 heavy (non-hydrogen) atoms. The van der Waals surface area contributed by atoms with Crippen LogP contribution < -0.4 is 5.32 Å². The summed E-state index contributed by atoms with van der Waals surface area (Å²) in [5.74, 6) is -0.166. The SMILES string of the molecule is O=C(NCc1ccccn1)c1ccc2c(c1)[nH]c(=S)n1c3ccccc3nc21. The van der Waals surface area contributed by atoms with Crippen molar-refractivity contribution in [2.24, 2.45) is 0 Å². The highest BCUT2D eigenvalue weighted by Gasteiger charge is 2.12. The Hall–Kier alpha value is -3.58. The zero-order valence-corrected chi connectivity index (χ0v) is 15.5. The number of aromatic amines is 1. The van der Waals surface area contributed by atoms with Gasteiger partial charge in [0.05, 0.1) is 28.8 Å². The van der Waals surface area contributed by atoms with Crippen molar-refractivity contribution in [1.82, 2.24) is 24.7 Å². The van der Waals surface area contributed by atoms with Gasteiger partial charge in [-0.25, -0.2) is 4.98 Å². The van der Waals surface area contributed by atoms with Gasteiger partial charge in [0.25, 0.3) is 5.91 Å². The number of imidazole rings is 1. The zero-order valence-electron chi connectivity index (χ0n) is 14.7. The van der Waals surface area contributed by atoms with Gasteiger partial charge in [0.2, 0.25) is 0 Å². The van der Waals surface area contributed by atoms with Crippen molar-refractivity contribution in [2.45, 2.75) is 6.54 Å². The Kier molecular flexibility index (Phi) is 3.87. The Balaban J connectivity index is 1.56. The Morgan fingerprint density at radius 3 is 2.82 bits per heavy atom. The van der Waals surface area contributed by atoms with E-state index in [0.29, 0.717) is 16.9 Å². The van der Waals surface area contributed by atoms with Crippen molar-refractivity contribution in [3.05, 3.63) is 82.9 Å². The molecule has 7 heteroatoms. The lowest BCUT2D eigenvalue weighted by Crippen LogP contribution is -2.23. The van der Waals surface area contributed by atoms with Crippen molar-refractivity contribution in [3.63, 3.8) is 0 Å². The highest BCUT2D eigenvalue weighted by Crippen LogP contribution is 2.24. The predicted molar refractivity (Wildman–Crippen MR) is 111 cm³/mol. The normalized spacial score (nSPS) is 11.3. The molecule has 136 valence electrons. The van der Waals surface area contributed by atoms with E-state index in [1.165, 1.54) is 0 Å². The Morgan fingerprint density at radius 2 is 1.96 bits per heavy atom. The molecule has 0 aliphatic carbocycles. The summed E-state index contributed by atoms with van der Waals surface area (Å²) in [6, 6.07) is 19.0. The van der Waals surface area contributed by atoms with Crippen LogP contribution in [0.5, 0.6) is 0 Å². The van der Waals surface area contributed by atoms with E-state index < -0.39 is 0 Å². The van der Waals surface area contributed by atoms with E-state index in [2.05, 4.69) is 15.3 Å². The quantitative estimate of drug-likeness (QED) is 0.460. The number of hydrogen-bond donors (Lipinski definition) is 2. The molecule has 0 aliphatic rings. The summed E-state index contributed by atoms with van der Waals surface area (Å²) in [5, 5.41) is 3.80. The molecule has 0 spiro atoms. The van der Waals surface area contributed by atoms with Gasteiger partial charge in [-0.05, 0) is 54.7 Å². The number of rotatable bonds is 3. The van der Waals surface area contributed by atoms with Gasteiger partial charge >= 0.3 is 0 Å². The molecule has 3 aromatic heterocycles. The lowest BCUT2D eigenvalue weighted by molar-refractivity contribution is 0.0950. The smallest absolute Gasteiger partial charge is 0.251 e. The molecule has 2 aromatic carbocycles. The number of nitrogens with one attached hydrogen (secondary N) is 2. The molecule has 0 saturated carbocycles. The number of fused-ring (bicyclic) bond motifs is 5. The number of aromatic nitrogens is 4. The molecule has 1 amide bonds. The summed E-state index contributed by atoms with van der Waals surface area (Å²) in [4.78, 5) is 24.7. The standard InChI is InChI=1S/C21H15N5OS/c27-20(23-12-14-5-3-4-10-22-14)13-8-9-15-17(11-13)25-21(28)26-18-7-2-1-6-16(18)24-19(15)26/h1-11H,12H2,(H,23,27)(H,25,28). The monoisotopic (exact) mass is 385 g/mol. The minimum absolute atomic E-state index is 0.166. The van der Waals surface area contributed by atoms with Crippen LogP contribution in [0.2, 0.25) is 0 Å². The number of H-pyrrole nitrogens is 1. The topological polar surface area (TPSA) is 75.1 Å². The van der Waals surface area contributed by atoms with Gasteiger partial charge in [-0.2, -0.15) is 0 Å². The Labute approximate surface area is 164 Å². The number of pyridine rings is 1. The average Bonchev–Trinajstić information content (AvgIpc) is 3.13. The molecule has 6 nitrogen and oxygen atoms in total. The van der Waals surface area contributed by atoms with Crippen molar-refractivity contribution >= 4 is 45.7 Å². The minimum atomic E-state index is -0.166. The van der Waals surface area contributed by atoms with Crippen LogP contribution in [0.15, 0.2) is 66.9 Å². The summed E-state index contributed by atoms with van der Waals surface area (Å²) in [6.07, 6.45) is 1.71. The molecule has 2 N–H and O–H groups in total. The van der Waals surface area contributed by atoms with Crippen molar-refractivity contribution < 1.29 is 4.79 Å². The van der Waals surface area contributed by atoms with Gasteiger partial charge < -0.3 is 10.3 Å². The first kappa shape index (κ1) is 16.6. The maximum atomic E-state index is 12.6. The van der Waals surface area contributed by atoms with Crippen LogP contribution in [-0.4, -0.2) is 25.3 Å². The predicted octanol–water partition coefficient (Wildman–Crippen LogP) is 4.02. The highest BCUT2D eigenvalue weighted by molar-refractivity contribution is 7.71. The van der Waals surface area contributed by atoms with E-state index >= 15 is 0 Å². The number of carbonyl (C=O) groups is 1. The first-order valence-corrected chi connectivity index (χ1v) is 9.23. The summed E-state index contributed by atoms with van der Waals surface area (Å²) >= 11 is 5.54. The number of amides is 1. The van der Waals surface area contributed by atoms with Crippen molar-refractivity contribution in [1.29, 1.82) is 0 Å². The lowest BCUT2D eigenvalue weighted by atomic mass is 10.1. The number of hydrogen-bond acceptors (Lipinski definition) is 4. The van der Waals surface area contributed by atoms with Crippen LogP contribution in [0.3, 0.4) is 0 Å². The van der Waals surface area contributed by atoms with E-state index in [4.69, 9.17) is 17.2 Å².